The van der Waals surface area contributed by atoms with Gasteiger partial charge >= 0.3 is 0 Å². The lowest BCUT2D eigenvalue weighted by atomic mass is 10.1. The van der Waals surface area contributed by atoms with Crippen molar-refractivity contribution in [2.24, 2.45) is 0 Å². The molecule has 7 heteroatoms. The number of hydrogen-bond donors (Lipinski definition) is 2. The molecule has 4 aromatic rings. The smallest absolute Gasteiger partial charge is 0.274 e. The number of carbonyl (C=O) groups excluding carboxylic acids is 1. The molecule has 0 saturated heterocycles. The predicted octanol–water partition coefficient (Wildman–Crippen LogP) is 3.16. The number of imidazole rings is 1. The minimum absolute atomic E-state index is 0.206. The molecular weight excluding hydrogens is 330 g/mol. The topological polar surface area (TPSA) is 96.7 Å². The average Bonchev–Trinajstić information content (AvgIpc) is 3.25. The SMILES string of the molecule is Cc1nc(CNC(=O)c2ncoc2-c2ccc3ccccc3n2)c(C)[nH]1. The van der Waals surface area contributed by atoms with Gasteiger partial charge in [-0.15, -0.1) is 0 Å². The second-order valence-corrected chi connectivity index (χ2v) is 6.00. The Morgan fingerprint density at radius 2 is 2.00 bits per heavy atom. The molecule has 3 aromatic heterocycles. The average molecular weight is 347 g/mol. The molecule has 0 unspecified atom stereocenters. The standard InChI is InChI=1S/C19H17N5O2/c1-11-16(23-12(2)22-11)9-20-19(25)17-18(26-10-21-17)15-8-7-13-5-3-4-6-14(13)24-15/h3-8,10H,9H2,1-2H3,(H,20,25)(H,22,23). The van der Waals surface area contributed by atoms with Crippen molar-refractivity contribution in [1.29, 1.82) is 0 Å². The minimum atomic E-state index is -0.330. The van der Waals surface area contributed by atoms with Crippen molar-refractivity contribution in [2.75, 3.05) is 0 Å². The summed E-state index contributed by atoms with van der Waals surface area (Å²) in [5.41, 5.74) is 3.33. The van der Waals surface area contributed by atoms with Gasteiger partial charge in [0.2, 0.25) is 0 Å². The van der Waals surface area contributed by atoms with Gasteiger partial charge in [0.25, 0.3) is 5.91 Å². The summed E-state index contributed by atoms with van der Waals surface area (Å²) in [4.78, 5) is 28.7. The quantitative estimate of drug-likeness (QED) is 0.591. The molecule has 1 amide bonds. The fraction of sp³-hybridized carbons (Fsp3) is 0.158. The lowest BCUT2D eigenvalue weighted by Crippen LogP contribution is -2.24. The summed E-state index contributed by atoms with van der Waals surface area (Å²) in [6.45, 7) is 4.11. The van der Waals surface area contributed by atoms with Crippen LogP contribution in [0.25, 0.3) is 22.4 Å². The number of aryl methyl sites for hydroxylation is 2. The molecule has 7 nitrogen and oxygen atoms in total. The first kappa shape index (κ1) is 16.0. The Morgan fingerprint density at radius 1 is 1.15 bits per heavy atom. The number of amides is 1. The Morgan fingerprint density at radius 3 is 2.81 bits per heavy atom. The van der Waals surface area contributed by atoms with Gasteiger partial charge in [0.05, 0.1) is 17.8 Å². The van der Waals surface area contributed by atoms with Gasteiger partial charge in [-0.1, -0.05) is 24.3 Å². The van der Waals surface area contributed by atoms with Crippen molar-refractivity contribution in [1.82, 2.24) is 25.3 Å². The highest BCUT2D eigenvalue weighted by Gasteiger charge is 2.20. The fourth-order valence-corrected chi connectivity index (χ4v) is 2.86. The molecule has 0 radical (unpaired) electrons. The Labute approximate surface area is 149 Å². The molecule has 0 fully saturated rings. The van der Waals surface area contributed by atoms with Gasteiger partial charge in [-0.25, -0.2) is 15.0 Å². The predicted molar refractivity (Wildman–Crippen MR) is 96.5 cm³/mol. The van der Waals surface area contributed by atoms with Gasteiger partial charge in [0.1, 0.15) is 11.5 Å². The van der Waals surface area contributed by atoms with E-state index < -0.39 is 0 Å². The van der Waals surface area contributed by atoms with Crippen LogP contribution < -0.4 is 5.32 Å². The number of hydrogen-bond acceptors (Lipinski definition) is 5. The molecule has 4 rings (SSSR count). The molecule has 26 heavy (non-hydrogen) atoms. The zero-order valence-electron chi connectivity index (χ0n) is 14.4. The van der Waals surface area contributed by atoms with Gasteiger partial charge in [-0.05, 0) is 26.0 Å². The maximum atomic E-state index is 12.6. The zero-order valence-corrected chi connectivity index (χ0v) is 14.4. The van der Waals surface area contributed by atoms with Crippen molar-refractivity contribution in [3.8, 4) is 11.5 Å². The van der Waals surface area contributed by atoms with E-state index in [1.807, 2.05) is 50.2 Å². The highest BCUT2D eigenvalue weighted by atomic mass is 16.3. The molecule has 1 aromatic carbocycles. The number of aromatic nitrogens is 4. The van der Waals surface area contributed by atoms with Crippen LogP contribution in [0.4, 0.5) is 0 Å². The van der Waals surface area contributed by atoms with E-state index in [1.165, 1.54) is 6.39 Å². The maximum Gasteiger partial charge on any atom is 0.274 e. The molecule has 0 atom stereocenters. The van der Waals surface area contributed by atoms with E-state index in [-0.39, 0.29) is 11.6 Å². The monoisotopic (exact) mass is 347 g/mol. The number of nitrogens with zero attached hydrogens (tertiary/aromatic N) is 3. The van der Waals surface area contributed by atoms with Crippen LogP contribution in [0.3, 0.4) is 0 Å². The molecule has 130 valence electrons. The summed E-state index contributed by atoms with van der Waals surface area (Å²) in [5, 5.41) is 3.85. The Hall–Kier alpha value is -3.48. The summed E-state index contributed by atoms with van der Waals surface area (Å²) in [5.74, 6) is 0.834. The van der Waals surface area contributed by atoms with Crippen molar-refractivity contribution in [3.63, 3.8) is 0 Å². The van der Waals surface area contributed by atoms with E-state index in [9.17, 15) is 4.79 Å². The molecular formula is C19H17N5O2. The second kappa shape index (κ2) is 6.44. The van der Waals surface area contributed by atoms with Gasteiger partial charge in [0.15, 0.2) is 17.8 Å². The first-order valence-corrected chi connectivity index (χ1v) is 8.22. The number of aromatic amines is 1. The molecule has 0 spiro atoms. The number of fused-ring (bicyclic) bond motifs is 1. The lowest BCUT2D eigenvalue weighted by molar-refractivity contribution is 0.0946. The Bertz CT molecular complexity index is 1100. The fourth-order valence-electron chi connectivity index (χ4n) is 2.86. The van der Waals surface area contributed by atoms with E-state index in [1.54, 1.807) is 0 Å². The second-order valence-electron chi connectivity index (χ2n) is 6.00. The van der Waals surface area contributed by atoms with Gasteiger partial charge in [-0.3, -0.25) is 4.79 Å². The van der Waals surface area contributed by atoms with Crippen LogP contribution in [-0.2, 0) is 6.54 Å². The first-order chi connectivity index (χ1) is 12.6. The third-order valence-electron chi connectivity index (χ3n) is 4.13. The number of rotatable bonds is 4. The van der Waals surface area contributed by atoms with E-state index in [0.29, 0.717) is 18.0 Å². The molecule has 0 aliphatic rings. The Kier molecular flexibility index (Phi) is 3.96. The third kappa shape index (κ3) is 2.95. The molecule has 3 heterocycles. The maximum absolute atomic E-state index is 12.6. The molecule has 0 aliphatic carbocycles. The molecule has 0 saturated carbocycles. The summed E-state index contributed by atoms with van der Waals surface area (Å²) < 4.78 is 5.44. The van der Waals surface area contributed by atoms with E-state index in [4.69, 9.17) is 4.42 Å². The van der Waals surface area contributed by atoms with Crippen LogP contribution >= 0.6 is 0 Å². The van der Waals surface area contributed by atoms with Crippen LogP contribution in [0.5, 0.6) is 0 Å². The number of nitrogens with one attached hydrogen (secondary N) is 2. The summed E-state index contributed by atoms with van der Waals surface area (Å²) in [7, 11) is 0. The van der Waals surface area contributed by atoms with Crippen molar-refractivity contribution >= 4 is 16.8 Å². The van der Waals surface area contributed by atoms with E-state index >= 15 is 0 Å². The highest BCUT2D eigenvalue weighted by molar-refractivity contribution is 5.97. The number of oxazole rings is 1. The van der Waals surface area contributed by atoms with E-state index in [0.717, 1.165) is 28.1 Å². The number of H-pyrrole nitrogens is 1. The third-order valence-corrected chi connectivity index (χ3v) is 4.13. The summed E-state index contributed by atoms with van der Waals surface area (Å²) in [6.07, 6.45) is 1.26. The van der Waals surface area contributed by atoms with Crippen LogP contribution in [0.1, 0.15) is 27.7 Å². The number of benzene rings is 1. The van der Waals surface area contributed by atoms with Gasteiger partial charge < -0.3 is 14.7 Å². The molecule has 2 N–H and O–H groups in total. The molecule has 0 aliphatic heterocycles. The largest absolute Gasteiger partial charge is 0.441 e. The van der Waals surface area contributed by atoms with E-state index in [2.05, 4.69) is 25.3 Å². The number of para-hydroxylation sites is 1. The normalized spacial score (nSPS) is 11.0. The zero-order chi connectivity index (χ0) is 18.1. The van der Waals surface area contributed by atoms with Crippen molar-refractivity contribution < 1.29 is 9.21 Å². The first-order valence-electron chi connectivity index (χ1n) is 8.22. The van der Waals surface area contributed by atoms with Crippen LogP contribution in [0.15, 0.2) is 47.2 Å². The summed E-state index contributed by atoms with van der Waals surface area (Å²) in [6, 6.07) is 11.5. The Balaban J connectivity index is 1.59. The highest BCUT2D eigenvalue weighted by Crippen LogP contribution is 2.24. The lowest BCUT2D eigenvalue weighted by Gasteiger charge is -2.04. The van der Waals surface area contributed by atoms with Gasteiger partial charge in [-0.2, -0.15) is 0 Å². The molecule has 0 bridgehead atoms. The van der Waals surface area contributed by atoms with Gasteiger partial charge in [0, 0.05) is 11.1 Å². The minimum Gasteiger partial charge on any atom is -0.441 e. The number of carbonyl (C=O) groups is 1. The summed E-state index contributed by atoms with van der Waals surface area (Å²) >= 11 is 0. The van der Waals surface area contributed by atoms with Crippen molar-refractivity contribution in [2.45, 2.75) is 20.4 Å². The van der Waals surface area contributed by atoms with Crippen LogP contribution in [0, 0.1) is 13.8 Å². The van der Waals surface area contributed by atoms with Crippen molar-refractivity contribution in [3.05, 3.63) is 65.7 Å². The number of pyridine rings is 1. The van der Waals surface area contributed by atoms with Crippen LogP contribution in [-0.4, -0.2) is 25.8 Å². The van der Waals surface area contributed by atoms with Crippen LogP contribution in [0.2, 0.25) is 0 Å².